The largest absolute Gasteiger partial charge is 0.493 e. The summed E-state index contributed by atoms with van der Waals surface area (Å²) in [7, 11) is 0. The van der Waals surface area contributed by atoms with E-state index in [0.29, 0.717) is 31.0 Å². The van der Waals surface area contributed by atoms with E-state index in [2.05, 4.69) is 28.9 Å². The Morgan fingerprint density at radius 2 is 1.76 bits per heavy atom. The van der Waals surface area contributed by atoms with Crippen LogP contribution in [0.4, 0.5) is 0 Å². The van der Waals surface area contributed by atoms with Crippen molar-refractivity contribution in [2.45, 2.75) is 39.2 Å². The predicted octanol–water partition coefficient (Wildman–Crippen LogP) is 5.76. The fourth-order valence-corrected chi connectivity index (χ4v) is 4.13. The molecular formula is C28H30ClN3O2. The number of benzene rings is 3. The molecule has 0 aliphatic carbocycles. The summed E-state index contributed by atoms with van der Waals surface area (Å²) >= 11 is 5.92. The number of imidazole rings is 1. The van der Waals surface area contributed by atoms with Crippen molar-refractivity contribution in [1.29, 1.82) is 0 Å². The van der Waals surface area contributed by atoms with Crippen LogP contribution in [0, 0.1) is 6.92 Å². The molecule has 176 valence electrons. The van der Waals surface area contributed by atoms with Crippen molar-refractivity contribution in [3.8, 4) is 5.75 Å². The molecule has 5 nitrogen and oxygen atoms in total. The standard InChI is InChI=1S/C28H30ClN3O2/c1-21-8-2-5-11-26(21)34-19-7-6-18-32-25-10-4-3-9-24(25)31-27(32)16-17-30-28(33)20-22-12-14-23(29)15-13-22/h2-5,8-15H,6-7,16-20H2,1H3,(H,30,33). The van der Waals surface area contributed by atoms with Gasteiger partial charge in [-0.05, 0) is 61.2 Å². The first-order valence-electron chi connectivity index (χ1n) is 11.7. The van der Waals surface area contributed by atoms with Crippen LogP contribution in [0.2, 0.25) is 5.02 Å². The number of unbranched alkanes of at least 4 members (excludes halogenated alkanes) is 1. The van der Waals surface area contributed by atoms with Gasteiger partial charge in [-0.2, -0.15) is 0 Å². The molecule has 0 bridgehead atoms. The Bertz CT molecular complexity index is 1230. The Hall–Kier alpha value is -3.31. The number of para-hydroxylation sites is 3. The molecule has 0 unspecified atom stereocenters. The maximum atomic E-state index is 12.3. The normalized spacial score (nSPS) is 11.0. The molecule has 0 fully saturated rings. The Morgan fingerprint density at radius 1 is 1.00 bits per heavy atom. The third kappa shape index (κ3) is 6.39. The van der Waals surface area contributed by atoms with Gasteiger partial charge in [0.1, 0.15) is 11.6 Å². The highest BCUT2D eigenvalue weighted by Gasteiger charge is 2.11. The molecule has 0 saturated heterocycles. The number of rotatable bonds is 11. The van der Waals surface area contributed by atoms with Gasteiger partial charge in [-0.1, -0.05) is 54.1 Å². The average Bonchev–Trinajstić information content (AvgIpc) is 3.19. The zero-order valence-electron chi connectivity index (χ0n) is 19.5. The lowest BCUT2D eigenvalue weighted by Crippen LogP contribution is -2.28. The monoisotopic (exact) mass is 475 g/mol. The molecule has 4 aromatic rings. The van der Waals surface area contributed by atoms with Gasteiger partial charge in [0.25, 0.3) is 0 Å². The minimum absolute atomic E-state index is 0.00154. The summed E-state index contributed by atoms with van der Waals surface area (Å²) in [6.45, 7) is 4.17. The van der Waals surface area contributed by atoms with Crippen molar-refractivity contribution in [2.75, 3.05) is 13.2 Å². The van der Waals surface area contributed by atoms with E-state index in [1.807, 2.05) is 48.5 Å². The SMILES string of the molecule is Cc1ccccc1OCCCCn1c(CCNC(=O)Cc2ccc(Cl)cc2)nc2ccccc21. The molecule has 0 saturated carbocycles. The Morgan fingerprint density at radius 3 is 2.59 bits per heavy atom. The molecule has 1 aromatic heterocycles. The first-order chi connectivity index (χ1) is 16.6. The fourth-order valence-electron chi connectivity index (χ4n) is 4.00. The number of amides is 1. The van der Waals surface area contributed by atoms with Crippen molar-refractivity contribution in [3.63, 3.8) is 0 Å². The van der Waals surface area contributed by atoms with E-state index in [1.54, 1.807) is 12.1 Å². The highest BCUT2D eigenvalue weighted by atomic mass is 35.5. The number of ether oxygens (including phenoxy) is 1. The van der Waals surface area contributed by atoms with Crippen LogP contribution < -0.4 is 10.1 Å². The van der Waals surface area contributed by atoms with Crippen LogP contribution >= 0.6 is 11.6 Å². The van der Waals surface area contributed by atoms with Gasteiger partial charge in [0.2, 0.25) is 5.91 Å². The first kappa shape index (κ1) is 23.8. The highest BCUT2D eigenvalue weighted by Crippen LogP contribution is 2.19. The number of carbonyl (C=O) groups excluding carboxylic acids is 1. The van der Waals surface area contributed by atoms with Crippen LogP contribution in [0.3, 0.4) is 0 Å². The number of aryl methyl sites for hydroxylation is 2. The van der Waals surface area contributed by atoms with Gasteiger partial charge in [-0.25, -0.2) is 4.98 Å². The minimum Gasteiger partial charge on any atom is -0.493 e. The van der Waals surface area contributed by atoms with Crippen molar-refractivity contribution in [2.24, 2.45) is 0 Å². The molecule has 0 radical (unpaired) electrons. The molecule has 0 spiro atoms. The molecule has 0 aliphatic heterocycles. The molecule has 1 amide bonds. The average molecular weight is 476 g/mol. The van der Waals surface area contributed by atoms with Crippen LogP contribution in [0.15, 0.2) is 72.8 Å². The summed E-state index contributed by atoms with van der Waals surface area (Å²) in [5, 5.41) is 3.69. The fraction of sp³-hybridized carbons (Fsp3) is 0.286. The van der Waals surface area contributed by atoms with E-state index < -0.39 is 0 Å². The lowest BCUT2D eigenvalue weighted by atomic mass is 10.1. The number of nitrogens with one attached hydrogen (secondary N) is 1. The number of hydrogen-bond donors (Lipinski definition) is 1. The quantitative estimate of drug-likeness (QED) is 0.281. The van der Waals surface area contributed by atoms with E-state index in [9.17, 15) is 4.79 Å². The van der Waals surface area contributed by atoms with E-state index in [-0.39, 0.29) is 5.91 Å². The zero-order chi connectivity index (χ0) is 23.8. The third-order valence-corrected chi connectivity index (χ3v) is 6.06. The maximum absolute atomic E-state index is 12.3. The third-order valence-electron chi connectivity index (χ3n) is 5.81. The Labute approximate surface area is 205 Å². The van der Waals surface area contributed by atoms with Crippen LogP contribution in [0.25, 0.3) is 11.0 Å². The smallest absolute Gasteiger partial charge is 0.224 e. The topological polar surface area (TPSA) is 56.1 Å². The van der Waals surface area contributed by atoms with Gasteiger partial charge in [0.05, 0.1) is 24.1 Å². The predicted molar refractivity (Wildman–Crippen MR) is 138 cm³/mol. The van der Waals surface area contributed by atoms with Crippen LogP contribution in [0.5, 0.6) is 5.75 Å². The van der Waals surface area contributed by atoms with E-state index in [1.165, 1.54) is 0 Å². The highest BCUT2D eigenvalue weighted by molar-refractivity contribution is 6.30. The number of aromatic nitrogens is 2. The van der Waals surface area contributed by atoms with Crippen LogP contribution in [-0.4, -0.2) is 28.6 Å². The Kier molecular flexibility index (Phi) is 8.21. The van der Waals surface area contributed by atoms with E-state index in [0.717, 1.165) is 53.1 Å². The molecule has 1 N–H and O–H groups in total. The second kappa shape index (κ2) is 11.7. The molecule has 34 heavy (non-hydrogen) atoms. The lowest BCUT2D eigenvalue weighted by Gasteiger charge is -2.11. The molecule has 0 aliphatic rings. The van der Waals surface area contributed by atoms with Gasteiger partial charge in [-0.15, -0.1) is 0 Å². The van der Waals surface area contributed by atoms with E-state index >= 15 is 0 Å². The summed E-state index contributed by atoms with van der Waals surface area (Å²) in [6.07, 6.45) is 2.97. The molecule has 0 atom stereocenters. The molecule has 6 heteroatoms. The lowest BCUT2D eigenvalue weighted by molar-refractivity contribution is -0.120. The first-order valence-corrected chi connectivity index (χ1v) is 12.1. The van der Waals surface area contributed by atoms with Crippen molar-refractivity contribution in [1.82, 2.24) is 14.9 Å². The number of fused-ring (bicyclic) bond motifs is 1. The summed E-state index contributed by atoms with van der Waals surface area (Å²) in [5.74, 6) is 1.94. The van der Waals surface area contributed by atoms with Crippen molar-refractivity contribution in [3.05, 3.63) is 94.8 Å². The van der Waals surface area contributed by atoms with E-state index in [4.69, 9.17) is 21.3 Å². The molecular weight excluding hydrogens is 446 g/mol. The summed E-state index contributed by atoms with van der Waals surface area (Å²) < 4.78 is 8.21. The minimum atomic E-state index is -0.00154. The van der Waals surface area contributed by atoms with Gasteiger partial charge in [0, 0.05) is 24.5 Å². The Balaban J connectivity index is 1.30. The zero-order valence-corrected chi connectivity index (χ0v) is 20.2. The number of hydrogen-bond acceptors (Lipinski definition) is 3. The van der Waals surface area contributed by atoms with Crippen molar-refractivity contribution < 1.29 is 9.53 Å². The van der Waals surface area contributed by atoms with Gasteiger partial charge >= 0.3 is 0 Å². The second-order valence-corrected chi connectivity index (χ2v) is 8.83. The molecule has 3 aromatic carbocycles. The van der Waals surface area contributed by atoms with Crippen LogP contribution in [0.1, 0.15) is 29.8 Å². The van der Waals surface area contributed by atoms with Gasteiger partial charge < -0.3 is 14.6 Å². The molecule has 1 heterocycles. The van der Waals surface area contributed by atoms with Gasteiger partial charge in [-0.3, -0.25) is 4.79 Å². The van der Waals surface area contributed by atoms with Crippen LogP contribution in [-0.2, 0) is 24.2 Å². The number of carbonyl (C=O) groups is 1. The molecule has 4 rings (SSSR count). The summed E-state index contributed by atoms with van der Waals surface area (Å²) in [5.41, 5.74) is 4.22. The van der Waals surface area contributed by atoms with Crippen molar-refractivity contribution >= 4 is 28.5 Å². The summed E-state index contributed by atoms with van der Waals surface area (Å²) in [4.78, 5) is 17.2. The maximum Gasteiger partial charge on any atom is 0.224 e. The second-order valence-electron chi connectivity index (χ2n) is 8.39. The summed E-state index contributed by atoms with van der Waals surface area (Å²) in [6, 6.07) is 23.7. The van der Waals surface area contributed by atoms with Gasteiger partial charge in [0.15, 0.2) is 0 Å². The number of nitrogens with zero attached hydrogens (tertiary/aromatic N) is 2. The number of halogens is 1.